The van der Waals surface area contributed by atoms with Gasteiger partial charge in [0.05, 0.1) is 12.8 Å². The molecule has 1 aliphatic rings. The third kappa shape index (κ3) is 16.7. The number of nitrogens with two attached hydrogens (primary N) is 1. The Kier molecular flexibility index (Phi) is 18.9. The minimum Gasteiger partial charge on any atom is -0.467 e. The minimum absolute atomic E-state index is 0.576. The fourth-order valence-electron chi connectivity index (χ4n) is 2.56. The molecule has 1 fully saturated rings. The van der Waals surface area contributed by atoms with Crippen molar-refractivity contribution >= 4 is 19.1 Å². The molecule has 2 aromatic heterocycles. The van der Waals surface area contributed by atoms with Crippen LogP contribution in [0.4, 0.5) is 5.69 Å². The van der Waals surface area contributed by atoms with E-state index in [1.807, 2.05) is 24.4 Å². The average molecular weight is 478 g/mol. The Bertz CT molecular complexity index is 902. The van der Waals surface area contributed by atoms with E-state index in [4.69, 9.17) is 4.42 Å². The molecule has 0 amide bonds. The summed E-state index contributed by atoms with van der Waals surface area (Å²) in [4.78, 5) is 11.2. The van der Waals surface area contributed by atoms with Gasteiger partial charge in [-0.15, -0.1) is 0 Å². The highest BCUT2D eigenvalue weighted by atomic mass is 16.3. The van der Waals surface area contributed by atoms with Crippen LogP contribution in [0.15, 0.2) is 93.9 Å². The first-order chi connectivity index (χ1) is 17.0. The Labute approximate surface area is 212 Å². The molecule has 2 heterocycles. The Hall–Kier alpha value is -3.51. The van der Waals surface area contributed by atoms with Gasteiger partial charge in [0.1, 0.15) is 5.76 Å². The van der Waals surface area contributed by atoms with Gasteiger partial charge in [0.25, 0.3) is 0 Å². The van der Waals surface area contributed by atoms with Crippen LogP contribution in [-0.4, -0.2) is 32.0 Å². The van der Waals surface area contributed by atoms with Crippen molar-refractivity contribution in [2.75, 3.05) is 18.9 Å². The molecular weight excluding hydrogens is 434 g/mol. The number of anilines is 1. The molecule has 6 nitrogen and oxygen atoms in total. The number of rotatable bonds is 7. The van der Waals surface area contributed by atoms with Gasteiger partial charge in [0, 0.05) is 30.3 Å². The topological polar surface area (TPSA) is 88.8 Å². The lowest BCUT2D eigenvalue weighted by Crippen LogP contribution is -1.95. The molecule has 1 saturated carbocycles. The molecule has 3 N–H and O–H groups in total. The minimum atomic E-state index is 0.576. The second kappa shape index (κ2) is 21.1. The van der Waals surface area contributed by atoms with Crippen LogP contribution in [0.3, 0.4) is 0 Å². The maximum Gasteiger partial charge on any atom is 0.125 e. The highest BCUT2D eigenvalue weighted by Crippen LogP contribution is 2.31. The van der Waals surface area contributed by atoms with Crippen LogP contribution in [0.5, 0.6) is 0 Å². The fourth-order valence-corrected chi connectivity index (χ4v) is 2.56. The van der Waals surface area contributed by atoms with Crippen LogP contribution >= 0.6 is 0 Å². The lowest BCUT2D eigenvalue weighted by molar-refractivity contribution is 0.513. The van der Waals surface area contributed by atoms with Crippen molar-refractivity contribution in [3.63, 3.8) is 0 Å². The predicted octanol–water partition coefficient (Wildman–Crippen LogP) is 7.26. The number of aromatic nitrogens is 1. The Balaban J connectivity index is 0.000000485. The van der Waals surface area contributed by atoms with Crippen molar-refractivity contribution in [2.24, 2.45) is 21.6 Å². The lowest BCUT2D eigenvalue weighted by Gasteiger charge is -2.04. The Morgan fingerprint density at radius 2 is 1.71 bits per heavy atom. The number of furan rings is 1. The molecule has 3 aromatic rings. The molecule has 6 heteroatoms. The quantitative estimate of drug-likeness (QED) is 0.350. The highest BCUT2D eigenvalue weighted by molar-refractivity contribution is 5.65. The zero-order valence-electron chi connectivity index (χ0n) is 21.9. The van der Waals surface area contributed by atoms with Gasteiger partial charge in [-0.1, -0.05) is 51.0 Å². The molecule has 0 saturated heterocycles. The van der Waals surface area contributed by atoms with E-state index >= 15 is 0 Å². The van der Waals surface area contributed by atoms with Crippen LogP contribution in [-0.2, 0) is 6.54 Å². The summed E-state index contributed by atoms with van der Waals surface area (Å²) in [6.45, 7) is 17.7. The number of allylic oxidation sites excluding steroid dienone is 1. The molecule has 0 bridgehead atoms. The normalized spacial score (nSPS) is 10.8. The molecule has 0 radical (unpaired) electrons. The van der Waals surface area contributed by atoms with E-state index in [2.05, 4.69) is 90.2 Å². The molecule has 0 aliphatic heterocycles. The number of aliphatic imine (C=N–C) groups is 2. The molecule has 0 spiro atoms. The summed E-state index contributed by atoms with van der Waals surface area (Å²) in [6.07, 6.45) is 9.73. The largest absolute Gasteiger partial charge is 0.467 e. The SMILES string of the molecule is C=NC(=C)C.C=NCc1ccco1.CCC1CC1.CCNc1ccc(-c2cccnc2)cc1.CN. The van der Waals surface area contributed by atoms with Gasteiger partial charge in [0.15, 0.2) is 0 Å². The van der Waals surface area contributed by atoms with E-state index in [1.54, 1.807) is 19.4 Å². The average Bonchev–Trinajstić information content (AvgIpc) is 3.62. The summed E-state index contributed by atoms with van der Waals surface area (Å²) in [5.74, 6) is 2.00. The standard InChI is InChI=1S/C13H14N2.C6H7NO.C5H10.C4H7N.CH5N/c1-2-15-13-7-5-11(6-8-13)12-4-3-9-14-10-12;1-7-5-6-3-2-4-8-6;1-2-5-3-4-5;1-4(2)5-3;1-2/h3-10,15H,2H2,1H3;2-4H,1,5H2;5H,2-4H2,1H3;1,3H2,2H3;2H2,1H3. The molecular formula is C29H43N5O. The van der Waals surface area contributed by atoms with Crippen molar-refractivity contribution in [3.05, 3.63) is 85.2 Å². The van der Waals surface area contributed by atoms with E-state index in [9.17, 15) is 0 Å². The third-order valence-electron chi connectivity index (χ3n) is 4.65. The zero-order valence-corrected chi connectivity index (χ0v) is 21.9. The second-order valence-electron chi connectivity index (χ2n) is 7.56. The lowest BCUT2D eigenvalue weighted by atomic mass is 10.1. The summed E-state index contributed by atoms with van der Waals surface area (Å²) in [6, 6.07) is 16.1. The van der Waals surface area contributed by atoms with Gasteiger partial charge in [-0.2, -0.15) is 0 Å². The third-order valence-corrected chi connectivity index (χ3v) is 4.65. The monoisotopic (exact) mass is 477 g/mol. The first-order valence-corrected chi connectivity index (χ1v) is 11.9. The van der Waals surface area contributed by atoms with Crippen molar-refractivity contribution in [3.8, 4) is 11.1 Å². The van der Waals surface area contributed by atoms with Crippen LogP contribution in [0.2, 0.25) is 0 Å². The van der Waals surface area contributed by atoms with Gasteiger partial charge in [-0.05, 0) is 81.7 Å². The highest BCUT2D eigenvalue weighted by Gasteiger charge is 2.17. The molecule has 1 aromatic carbocycles. The Morgan fingerprint density at radius 1 is 1.06 bits per heavy atom. The summed E-state index contributed by atoms with van der Waals surface area (Å²) in [5.41, 5.74) is 8.78. The van der Waals surface area contributed by atoms with E-state index in [-0.39, 0.29) is 0 Å². The molecule has 0 unspecified atom stereocenters. The van der Waals surface area contributed by atoms with Crippen molar-refractivity contribution in [1.29, 1.82) is 0 Å². The molecule has 35 heavy (non-hydrogen) atoms. The fraction of sp³-hybridized carbons (Fsp3) is 0.345. The maximum atomic E-state index is 4.94. The van der Waals surface area contributed by atoms with E-state index < -0.39 is 0 Å². The summed E-state index contributed by atoms with van der Waals surface area (Å²) in [7, 11) is 1.50. The van der Waals surface area contributed by atoms with Gasteiger partial charge < -0.3 is 15.5 Å². The number of hydrogen-bond donors (Lipinski definition) is 2. The first kappa shape index (κ1) is 31.5. The van der Waals surface area contributed by atoms with Gasteiger partial charge in [-0.3, -0.25) is 15.0 Å². The van der Waals surface area contributed by atoms with Crippen LogP contribution in [0.25, 0.3) is 11.1 Å². The van der Waals surface area contributed by atoms with Crippen LogP contribution in [0, 0.1) is 5.92 Å². The van der Waals surface area contributed by atoms with Crippen molar-refractivity contribution < 1.29 is 4.42 Å². The second-order valence-corrected chi connectivity index (χ2v) is 7.56. The summed E-state index contributed by atoms with van der Waals surface area (Å²) >= 11 is 0. The molecule has 0 atom stereocenters. The first-order valence-electron chi connectivity index (χ1n) is 11.9. The number of nitrogens with zero attached hydrogens (tertiary/aromatic N) is 3. The predicted molar refractivity (Wildman–Crippen MR) is 153 cm³/mol. The molecule has 1 aliphatic carbocycles. The Morgan fingerprint density at radius 3 is 2.09 bits per heavy atom. The number of nitrogens with one attached hydrogen (secondary N) is 1. The van der Waals surface area contributed by atoms with E-state index in [0.717, 1.165) is 35.2 Å². The van der Waals surface area contributed by atoms with Gasteiger partial charge >= 0.3 is 0 Å². The van der Waals surface area contributed by atoms with Crippen molar-refractivity contribution in [1.82, 2.24) is 4.98 Å². The van der Waals surface area contributed by atoms with Crippen LogP contribution < -0.4 is 11.1 Å². The van der Waals surface area contributed by atoms with E-state index in [1.165, 1.54) is 31.9 Å². The maximum absolute atomic E-state index is 4.94. The molecule has 190 valence electrons. The van der Waals surface area contributed by atoms with Crippen molar-refractivity contribution in [2.45, 2.75) is 46.6 Å². The summed E-state index contributed by atoms with van der Waals surface area (Å²) in [5, 5.41) is 3.27. The number of benzene rings is 1. The number of pyridine rings is 1. The van der Waals surface area contributed by atoms with E-state index in [0.29, 0.717) is 6.54 Å². The van der Waals surface area contributed by atoms with Gasteiger partial charge in [0.2, 0.25) is 0 Å². The summed E-state index contributed by atoms with van der Waals surface area (Å²) < 4.78 is 4.94. The van der Waals surface area contributed by atoms with Crippen LogP contribution in [0.1, 0.15) is 45.8 Å². The molecule has 4 rings (SSSR count). The number of hydrogen-bond acceptors (Lipinski definition) is 6. The van der Waals surface area contributed by atoms with Gasteiger partial charge in [-0.25, -0.2) is 0 Å². The zero-order chi connectivity index (χ0) is 26.3. The smallest absolute Gasteiger partial charge is 0.125 e.